The summed E-state index contributed by atoms with van der Waals surface area (Å²) in [6, 6.07) is 16.8. The standard InChI is InChI=1S/C21H19N3O2S2/c25-28(26,19-7-3-5-15-4-1-2-6-16(15)19)20-14-17-18(8-9-23-21(17)27-20)24-12-10-22-11-13-24/h1-9,14,22H,10-13H2. The van der Waals surface area contributed by atoms with Crippen molar-refractivity contribution >= 4 is 47.9 Å². The third kappa shape index (κ3) is 2.87. The Kier molecular flexibility index (Phi) is 4.30. The predicted octanol–water partition coefficient (Wildman–Crippen LogP) is 3.69. The van der Waals surface area contributed by atoms with E-state index in [2.05, 4.69) is 15.2 Å². The summed E-state index contributed by atoms with van der Waals surface area (Å²) in [4.78, 5) is 7.84. The fourth-order valence-electron chi connectivity index (χ4n) is 3.76. The number of benzene rings is 2. The maximum atomic E-state index is 13.5. The SMILES string of the molecule is O=S(=O)(c1cc2c(N3CCNCC3)ccnc2s1)c1cccc2ccccc12. The van der Waals surface area contributed by atoms with Crippen molar-refractivity contribution in [1.29, 1.82) is 0 Å². The molecule has 4 aromatic rings. The molecule has 1 aliphatic heterocycles. The van der Waals surface area contributed by atoms with E-state index < -0.39 is 9.84 Å². The highest BCUT2D eigenvalue weighted by Crippen LogP contribution is 2.38. The van der Waals surface area contributed by atoms with Gasteiger partial charge in [0.1, 0.15) is 9.04 Å². The van der Waals surface area contributed by atoms with Crippen LogP contribution in [0.15, 0.2) is 69.9 Å². The largest absolute Gasteiger partial charge is 0.368 e. The number of fused-ring (bicyclic) bond motifs is 2. The van der Waals surface area contributed by atoms with E-state index in [1.54, 1.807) is 24.4 Å². The van der Waals surface area contributed by atoms with E-state index in [4.69, 9.17) is 0 Å². The summed E-state index contributed by atoms with van der Waals surface area (Å²) in [5, 5.41) is 5.93. The molecule has 7 heteroatoms. The average Bonchev–Trinajstić information content (AvgIpc) is 3.19. The third-order valence-corrected chi connectivity index (χ3v) is 8.48. The van der Waals surface area contributed by atoms with Crippen LogP contribution in [0.5, 0.6) is 0 Å². The molecule has 28 heavy (non-hydrogen) atoms. The smallest absolute Gasteiger partial charge is 0.216 e. The summed E-state index contributed by atoms with van der Waals surface area (Å²) in [5.41, 5.74) is 1.06. The molecule has 3 heterocycles. The zero-order valence-electron chi connectivity index (χ0n) is 15.1. The molecule has 0 bridgehead atoms. The van der Waals surface area contributed by atoms with Gasteiger partial charge in [-0.2, -0.15) is 0 Å². The molecule has 0 amide bonds. The van der Waals surface area contributed by atoms with E-state index in [1.807, 2.05) is 36.4 Å². The molecule has 0 radical (unpaired) electrons. The van der Waals surface area contributed by atoms with Gasteiger partial charge in [-0.25, -0.2) is 13.4 Å². The Morgan fingerprint density at radius 2 is 1.75 bits per heavy atom. The van der Waals surface area contributed by atoms with Crippen LogP contribution in [0.25, 0.3) is 21.0 Å². The number of thiophene rings is 1. The maximum absolute atomic E-state index is 13.5. The number of piperazine rings is 1. The quantitative estimate of drug-likeness (QED) is 0.559. The highest BCUT2D eigenvalue weighted by molar-refractivity contribution is 7.93. The summed E-state index contributed by atoms with van der Waals surface area (Å²) < 4.78 is 27.3. The van der Waals surface area contributed by atoms with Crippen LogP contribution in [0, 0.1) is 0 Å². The lowest BCUT2D eigenvalue weighted by Crippen LogP contribution is -2.43. The molecule has 1 N–H and O–H groups in total. The molecule has 0 unspecified atom stereocenters. The fraction of sp³-hybridized carbons (Fsp3) is 0.190. The van der Waals surface area contributed by atoms with E-state index >= 15 is 0 Å². The Morgan fingerprint density at radius 1 is 0.964 bits per heavy atom. The van der Waals surface area contributed by atoms with Crippen molar-refractivity contribution in [2.45, 2.75) is 9.10 Å². The number of anilines is 1. The Morgan fingerprint density at radius 3 is 2.61 bits per heavy atom. The van der Waals surface area contributed by atoms with Gasteiger partial charge in [0.05, 0.1) is 4.90 Å². The molecule has 0 atom stereocenters. The molecule has 0 spiro atoms. The molecule has 2 aromatic carbocycles. The first-order valence-corrected chi connectivity index (χ1v) is 11.5. The second-order valence-corrected chi connectivity index (χ2v) is 10.0. The van der Waals surface area contributed by atoms with Crippen LogP contribution in [0.2, 0.25) is 0 Å². The summed E-state index contributed by atoms with van der Waals surface area (Å²) in [6.45, 7) is 3.66. The molecule has 5 rings (SSSR count). The van der Waals surface area contributed by atoms with Gasteiger partial charge in [-0.05, 0) is 23.6 Å². The van der Waals surface area contributed by atoms with Gasteiger partial charge in [0.2, 0.25) is 9.84 Å². The van der Waals surface area contributed by atoms with Gasteiger partial charge >= 0.3 is 0 Å². The predicted molar refractivity (Wildman–Crippen MR) is 114 cm³/mol. The van der Waals surface area contributed by atoms with Gasteiger partial charge in [-0.1, -0.05) is 36.4 Å². The van der Waals surface area contributed by atoms with E-state index in [1.165, 1.54) is 11.3 Å². The number of hydrogen-bond acceptors (Lipinski definition) is 6. The number of aromatic nitrogens is 1. The Hall–Kier alpha value is -2.48. The van der Waals surface area contributed by atoms with Crippen LogP contribution in [0.4, 0.5) is 5.69 Å². The average molecular weight is 410 g/mol. The number of rotatable bonds is 3. The van der Waals surface area contributed by atoms with Crippen LogP contribution >= 0.6 is 11.3 Å². The van der Waals surface area contributed by atoms with Gasteiger partial charge in [0.15, 0.2) is 0 Å². The van der Waals surface area contributed by atoms with E-state index in [0.29, 0.717) is 9.10 Å². The zero-order chi connectivity index (χ0) is 19.1. The second-order valence-electron chi connectivity index (χ2n) is 6.83. The topological polar surface area (TPSA) is 62.3 Å². The first-order chi connectivity index (χ1) is 13.6. The van der Waals surface area contributed by atoms with Gasteiger partial charge < -0.3 is 10.2 Å². The van der Waals surface area contributed by atoms with Crippen molar-refractivity contribution in [3.05, 3.63) is 60.8 Å². The van der Waals surface area contributed by atoms with Crippen LogP contribution in [0.3, 0.4) is 0 Å². The number of pyridine rings is 1. The molecule has 1 fully saturated rings. The van der Waals surface area contributed by atoms with E-state index in [-0.39, 0.29) is 0 Å². The van der Waals surface area contributed by atoms with Crippen molar-refractivity contribution in [2.75, 3.05) is 31.1 Å². The molecule has 1 saturated heterocycles. The van der Waals surface area contributed by atoms with Crippen LogP contribution < -0.4 is 10.2 Å². The van der Waals surface area contributed by atoms with Crippen molar-refractivity contribution in [3.63, 3.8) is 0 Å². The highest BCUT2D eigenvalue weighted by atomic mass is 32.2. The molecule has 0 aliphatic carbocycles. The number of sulfone groups is 1. The number of nitrogens with one attached hydrogen (secondary N) is 1. The molecular formula is C21H19N3O2S2. The van der Waals surface area contributed by atoms with Crippen LogP contribution in [-0.2, 0) is 9.84 Å². The summed E-state index contributed by atoms with van der Waals surface area (Å²) in [5.74, 6) is 0. The van der Waals surface area contributed by atoms with Gasteiger partial charge in [-0.15, -0.1) is 11.3 Å². The van der Waals surface area contributed by atoms with Crippen molar-refractivity contribution < 1.29 is 8.42 Å². The minimum absolute atomic E-state index is 0.342. The Bertz CT molecular complexity index is 1270. The van der Waals surface area contributed by atoms with Crippen molar-refractivity contribution in [3.8, 4) is 0 Å². The minimum Gasteiger partial charge on any atom is -0.368 e. The van der Waals surface area contributed by atoms with Gasteiger partial charge in [0.25, 0.3) is 0 Å². The fourth-order valence-corrected chi connectivity index (χ4v) is 6.68. The third-order valence-electron chi connectivity index (χ3n) is 5.15. The van der Waals surface area contributed by atoms with Crippen LogP contribution in [0.1, 0.15) is 0 Å². The highest BCUT2D eigenvalue weighted by Gasteiger charge is 2.24. The normalized spacial score (nSPS) is 15.4. The summed E-state index contributed by atoms with van der Waals surface area (Å²) in [7, 11) is -3.63. The zero-order valence-corrected chi connectivity index (χ0v) is 16.8. The molecule has 142 valence electrons. The molecule has 0 saturated carbocycles. The van der Waals surface area contributed by atoms with E-state index in [9.17, 15) is 8.42 Å². The Balaban J connectivity index is 1.66. The lowest BCUT2D eigenvalue weighted by atomic mass is 10.1. The van der Waals surface area contributed by atoms with Gasteiger partial charge in [0, 0.05) is 48.8 Å². The number of hydrogen-bond donors (Lipinski definition) is 1. The lowest BCUT2D eigenvalue weighted by molar-refractivity contribution is 0.590. The first kappa shape index (κ1) is 17.6. The summed E-state index contributed by atoms with van der Waals surface area (Å²) in [6.07, 6.45) is 1.77. The van der Waals surface area contributed by atoms with Gasteiger partial charge in [-0.3, -0.25) is 0 Å². The summed E-state index contributed by atoms with van der Waals surface area (Å²) >= 11 is 1.24. The van der Waals surface area contributed by atoms with Crippen LogP contribution in [-0.4, -0.2) is 39.6 Å². The molecule has 2 aromatic heterocycles. The number of nitrogens with zero attached hydrogens (tertiary/aromatic N) is 2. The van der Waals surface area contributed by atoms with E-state index in [0.717, 1.165) is 52.9 Å². The molecule has 5 nitrogen and oxygen atoms in total. The molecule has 1 aliphatic rings. The lowest BCUT2D eigenvalue weighted by Gasteiger charge is -2.29. The maximum Gasteiger partial charge on any atom is 0.216 e. The Labute approximate surface area is 167 Å². The van der Waals surface area contributed by atoms with Crippen molar-refractivity contribution in [1.82, 2.24) is 10.3 Å². The minimum atomic E-state index is -3.63. The first-order valence-electron chi connectivity index (χ1n) is 9.22. The second kappa shape index (κ2) is 6.84. The molecular weight excluding hydrogens is 390 g/mol. The monoisotopic (exact) mass is 409 g/mol. The van der Waals surface area contributed by atoms with Crippen molar-refractivity contribution in [2.24, 2.45) is 0 Å².